The molecule has 2 heterocycles. The molecule has 0 bridgehead atoms. The number of carbonyl (C=O) groups is 2. The van der Waals surface area contributed by atoms with Gasteiger partial charge >= 0.3 is 5.97 Å². The van der Waals surface area contributed by atoms with Gasteiger partial charge in [0.05, 0.1) is 17.3 Å². The lowest BCUT2D eigenvalue weighted by Crippen LogP contribution is -2.41. The molecule has 1 saturated heterocycles. The second-order valence-electron chi connectivity index (χ2n) is 7.16. The van der Waals surface area contributed by atoms with Gasteiger partial charge in [0, 0.05) is 17.5 Å². The maximum absolute atomic E-state index is 12.9. The van der Waals surface area contributed by atoms with E-state index in [-0.39, 0.29) is 24.1 Å². The minimum absolute atomic E-state index is 0.00809. The Hall–Kier alpha value is -3.19. The summed E-state index contributed by atoms with van der Waals surface area (Å²) in [6, 6.07) is 16.0. The van der Waals surface area contributed by atoms with E-state index in [1.165, 1.54) is 11.3 Å². The first-order chi connectivity index (χ1) is 14.6. The van der Waals surface area contributed by atoms with E-state index < -0.39 is 5.97 Å². The summed E-state index contributed by atoms with van der Waals surface area (Å²) in [5.74, 6) is -0.306. The van der Waals surface area contributed by atoms with Crippen LogP contribution >= 0.6 is 11.3 Å². The average Bonchev–Trinajstić information content (AvgIpc) is 3.28. The van der Waals surface area contributed by atoms with Crippen LogP contribution < -0.4 is 4.74 Å². The van der Waals surface area contributed by atoms with Gasteiger partial charge in [0.2, 0.25) is 0 Å². The number of aromatic carboxylic acids is 1. The van der Waals surface area contributed by atoms with Crippen LogP contribution in [0.25, 0.3) is 10.6 Å². The van der Waals surface area contributed by atoms with Crippen molar-refractivity contribution in [1.29, 1.82) is 0 Å². The van der Waals surface area contributed by atoms with Gasteiger partial charge in [0.15, 0.2) is 6.61 Å². The van der Waals surface area contributed by atoms with Gasteiger partial charge in [-0.2, -0.15) is 0 Å². The van der Waals surface area contributed by atoms with Crippen LogP contribution in [0.4, 0.5) is 0 Å². The molecular weight excluding hydrogens is 400 g/mol. The fourth-order valence-electron chi connectivity index (χ4n) is 3.61. The number of ether oxygens (including phenoxy) is 1. The largest absolute Gasteiger partial charge is 0.484 e. The molecule has 1 atom stereocenters. The molecule has 1 unspecified atom stereocenters. The van der Waals surface area contributed by atoms with Crippen LogP contribution in [0.3, 0.4) is 0 Å². The van der Waals surface area contributed by atoms with Crippen LogP contribution in [0.15, 0.2) is 60.0 Å². The molecule has 0 saturated carbocycles. The number of carboxylic acid groups (broad SMARTS) is 1. The lowest BCUT2D eigenvalue weighted by molar-refractivity contribution is -0.137. The third-order valence-corrected chi connectivity index (χ3v) is 6.08. The molecule has 3 aromatic rings. The Balaban J connectivity index is 1.47. The standard InChI is InChI=1S/C23H22N2O4S/c26-21(14-29-18-6-2-1-3-7-18)25-13-5-4-8-20(25)19-15-30-22(24-19)16-9-11-17(12-10-16)23(27)28/h1-3,6-7,9-12,15,20H,4-5,8,13-14H2,(H,27,28). The Bertz CT molecular complexity index is 1020. The quantitative estimate of drug-likeness (QED) is 0.626. The van der Waals surface area contributed by atoms with Gasteiger partial charge in [0.25, 0.3) is 5.91 Å². The Kier molecular flexibility index (Phi) is 6.09. The van der Waals surface area contributed by atoms with Crippen LogP contribution in [-0.4, -0.2) is 40.0 Å². The summed E-state index contributed by atoms with van der Waals surface area (Å²) >= 11 is 1.51. The number of carbonyl (C=O) groups excluding carboxylic acids is 1. The van der Waals surface area contributed by atoms with Crippen molar-refractivity contribution in [1.82, 2.24) is 9.88 Å². The highest BCUT2D eigenvalue weighted by Crippen LogP contribution is 2.34. The van der Waals surface area contributed by atoms with E-state index in [4.69, 9.17) is 14.8 Å². The number of piperidine rings is 1. The number of aromatic nitrogens is 1. The first-order valence-corrected chi connectivity index (χ1v) is 10.8. The normalized spacial score (nSPS) is 16.3. The van der Waals surface area contributed by atoms with Gasteiger partial charge in [-0.1, -0.05) is 30.3 Å². The molecule has 4 rings (SSSR count). The monoisotopic (exact) mass is 422 g/mol. The van der Waals surface area contributed by atoms with Crippen molar-refractivity contribution in [2.45, 2.75) is 25.3 Å². The predicted molar refractivity (Wildman–Crippen MR) is 115 cm³/mol. The molecule has 1 aromatic heterocycles. The smallest absolute Gasteiger partial charge is 0.335 e. The molecule has 1 aliphatic heterocycles. The summed E-state index contributed by atoms with van der Waals surface area (Å²) < 4.78 is 5.65. The summed E-state index contributed by atoms with van der Waals surface area (Å²) in [6.07, 6.45) is 2.90. The molecule has 1 fully saturated rings. The number of likely N-dealkylation sites (tertiary alicyclic amines) is 1. The van der Waals surface area contributed by atoms with Crippen LogP contribution in [0.1, 0.15) is 41.4 Å². The van der Waals surface area contributed by atoms with E-state index in [1.807, 2.05) is 40.6 Å². The highest BCUT2D eigenvalue weighted by molar-refractivity contribution is 7.13. The van der Waals surface area contributed by atoms with Crippen LogP contribution in [-0.2, 0) is 4.79 Å². The van der Waals surface area contributed by atoms with Crippen molar-refractivity contribution < 1.29 is 19.4 Å². The molecule has 0 spiro atoms. The lowest BCUT2D eigenvalue weighted by Gasteiger charge is -2.34. The Labute approximate surface area is 178 Å². The minimum atomic E-state index is -0.949. The summed E-state index contributed by atoms with van der Waals surface area (Å²) in [6.45, 7) is 0.704. The van der Waals surface area contributed by atoms with Crippen molar-refractivity contribution in [3.05, 3.63) is 71.2 Å². The third kappa shape index (κ3) is 4.52. The van der Waals surface area contributed by atoms with Crippen molar-refractivity contribution in [2.75, 3.05) is 13.2 Å². The zero-order valence-electron chi connectivity index (χ0n) is 16.4. The topological polar surface area (TPSA) is 79.7 Å². The maximum atomic E-state index is 12.9. The first-order valence-electron chi connectivity index (χ1n) is 9.88. The Morgan fingerprint density at radius 1 is 1.10 bits per heavy atom. The van der Waals surface area contributed by atoms with Gasteiger partial charge in [-0.3, -0.25) is 4.79 Å². The van der Waals surface area contributed by atoms with Crippen LogP contribution in [0.2, 0.25) is 0 Å². The van der Waals surface area contributed by atoms with Crippen molar-refractivity contribution in [3.63, 3.8) is 0 Å². The van der Waals surface area contributed by atoms with Gasteiger partial charge < -0.3 is 14.7 Å². The number of carboxylic acids is 1. The number of amides is 1. The molecule has 0 aliphatic carbocycles. The molecule has 0 radical (unpaired) electrons. The van der Waals surface area contributed by atoms with Crippen molar-refractivity contribution in [2.24, 2.45) is 0 Å². The molecule has 1 aliphatic rings. The molecule has 1 amide bonds. The SMILES string of the molecule is O=C(O)c1ccc(-c2nc(C3CCCCN3C(=O)COc3ccccc3)cs2)cc1. The Morgan fingerprint density at radius 3 is 2.60 bits per heavy atom. The van der Waals surface area contributed by atoms with E-state index in [2.05, 4.69) is 0 Å². The second-order valence-corrected chi connectivity index (χ2v) is 8.02. The summed E-state index contributed by atoms with van der Waals surface area (Å²) in [5, 5.41) is 11.9. The number of hydrogen-bond acceptors (Lipinski definition) is 5. The summed E-state index contributed by atoms with van der Waals surface area (Å²) in [5.41, 5.74) is 2.00. The zero-order valence-corrected chi connectivity index (χ0v) is 17.2. The van der Waals surface area contributed by atoms with Gasteiger partial charge in [-0.05, 0) is 43.5 Å². The molecule has 2 aromatic carbocycles. The van der Waals surface area contributed by atoms with Gasteiger partial charge in [-0.25, -0.2) is 9.78 Å². The number of hydrogen-bond donors (Lipinski definition) is 1. The number of nitrogens with zero attached hydrogens (tertiary/aromatic N) is 2. The van der Waals surface area contributed by atoms with Gasteiger partial charge in [0.1, 0.15) is 10.8 Å². The maximum Gasteiger partial charge on any atom is 0.335 e. The number of para-hydroxylation sites is 1. The first kappa shape index (κ1) is 20.1. The molecule has 6 nitrogen and oxygen atoms in total. The second kappa shape index (κ2) is 9.09. The van der Waals surface area contributed by atoms with E-state index >= 15 is 0 Å². The van der Waals surface area contributed by atoms with E-state index in [9.17, 15) is 9.59 Å². The van der Waals surface area contributed by atoms with E-state index in [0.717, 1.165) is 35.5 Å². The molecule has 1 N–H and O–H groups in total. The predicted octanol–water partition coefficient (Wildman–Crippen LogP) is 4.64. The summed E-state index contributed by atoms with van der Waals surface area (Å²) in [4.78, 5) is 30.5. The van der Waals surface area contributed by atoms with Crippen molar-refractivity contribution >= 4 is 23.2 Å². The van der Waals surface area contributed by atoms with Crippen LogP contribution in [0.5, 0.6) is 5.75 Å². The molecular formula is C23H22N2O4S. The summed E-state index contributed by atoms with van der Waals surface area (Å²) in [7, 11) is 0. The van der Waals surface area contributed by atoms with Gasteiger partial charge in [-0.15, -0.1) is 11.3 Å². The van der Waals surface area contributed by atoms with E-state index in [0.29, 0.717) is 12.3 Å². The molecule has 30 heavy (non-hydrogen) atoms. The number of thiazole rings is 1. The van der Waals surface area contributed by atoms with E-state index in [1.54, 1.807) is 24.3 Å². The van der Waals surface area contributed by atoms with Crippen LogP contribution in [0, 0.1) is 0 Å². The fraction of sp³-hybridized carbons (Fsp3) is 0.261. The zero-order chi connectivity index (χ0) is 20.9. The highest BCUT2D eigenvalue weighted by Gasteiger charge is 2.30. The highest BCUT2D eigenvalue weighted by atomic mass is 32.1. The number of rotatable bonds is 6. The fourth-order valence-corrected chi connectivity index (χ4v) is 4.48. The molecule has 154 valence electrons. The minimum Gasteiger partial charge on any atom is -0.484 e. The molecule has 7 heteroatoms. The third-order valence-electron chi connectivity index (χ3n) is 5.17. The lowest BCUT2D eigenvalue weighted by atomic mass is 10.00. The van der Waals surface area contributed by atoms with Crippen molar-refractivity contribution in [3.8, 4) is 16.3 Å². The number of benzene rings is 2. The average molecular weight is 423 g/mol. The Morgan fingerprint density at radius 2 is 1.87 bits per heavy atom.